The van der Waals surface area contributed by atoms with E-state index in [1.165, 1.54) is 12.1 Å². The molecular weight excluding hydrogens is 261 g/mol. The van der Waals surface area contributed by atoms with Gasteiger partial charge in [-0.3, -0.25) is 9.59 Å². The molecule has 4 nitrogen and oxygen atoms in total. The molecule has 0 aromatic heterocycles. The summed E-state index contributed by atoms with van der Waals surface area (Å²) in [6.07, 6.45) is 2.01. The maximum Gasteiger partial charge on any atom is 0.307 e. The van der Waals surface area contributed by atoms with Crippen LogP contribution in [-0.4, -0.2) is 23.0 Å². The van der Waals surface area contributed by atoms with Crippen molar-refractivity contribution >= 4 is 11.9 Å². The van der Waals surface area contributed by atoms with Crippen molar-refractivity contribution in [3.63, 3.8) is 0 Å². The van der Waals surface area contributed by atoms with Gasteiger partial charge in [-0.05, 0) is 37.0 Å². The molecule has 2 aliphatic rings. The largest absolute Gasteiger partial charge is 0.481 e. The van der Waals surface area contributed by atoms with Crippen LogP contribution in [0.4, 0.5) is 4.39 Å². The summed E-state index contributed by atoms with van der Waals surface area (Å²) in [6, 6.07) is 6.41. The van der Waals surface area contributed by atoms with E-state index in [-0.39, 0.29) is 23.7 Å². The van der Waals surface area contributed by atoms with Crippen LogP contribution in [-0.2, 0) is 9.59 Å². The molecular formula is C15H16FNO3. The first-order valence-corrected chi connectivity index (χ1v) is 6.85. The zero-order valence-electron chi connectivity index (χ0n) is 10.9. The summed E-state index contributed by atoms with van der Waals surface area (Å²) >= 11 is 0. The molecule has 5 heteroatoms. The Morgan fingerprint density at radius 3 is 2.60 bits per heavy atom. The maximum atomic E-state index is 13.1. The lowest BCUT2D eigenvalue weighted by atomic mass is 9.73. The quantitative estimate of drug-likeness (QED) is 0.883. The lowest BCUT2D eigenvalue weighted by Crippen LogP contribution is -2.44. The lowest BCUT2D eigenvalue weighted by molar-refractivity contribution is -0.152. The number of benzene rings is 1. The molecule has 20 heavy (non-hydrogen) atoms. The van der Waals surface area contributed by atoms with Crippen LogP contribution in [0.3, 0.4) is 0 Å². The van der Waals surface area contributed by atoms with Crippen LogP contribution in [0.25, 0.3) is 0 Å². The summed E-state index contributed by atoms with van der Waals surface area (Å²) in [6.45, 7) is 0. The number of aliphatic carboxylic acids is 1. The van der Waals surface area contributed by atoms with Crippen molar-refractivity contribution in [2.24, 2.45) is 11.8 Å². The van der Waals surface area contributed by atoms with Gasteiger partial charge in [-0.25, -0.2) is 4.39 Å². The zero-order chi connectivity index (χ0) is 14.3. The summed E-state index contributed by atoms with van der Waals surface area (Å²) in [7, 11) is 0. The number of carboxylic acid groups (broad SMARTS) is 1. The molecule has 2 N–H and O–H groups in total. The fourth-order valence-electron chi connectivity index (χ4n) is 2.86. The number of rotatable bonds is 4. The normalized spacial score (nSPS) is 31.2. The van der Waals surface area contributed by atoms with Crippen LogP contribution >= 0.6 is 0 Å². The second-order valence-electron chi connectivity index (χ2n) is 5.64. The minimum Gasteiger partial charge on any atom is -0.481 e. The van der Waals surface area contributed by atoms with E-state index in [9.17, 15) is 14.0 Å². The minimum atomic E-state index is -0.895. The molecule has 0 saturated heterocycles. The molecule has 1 amide bonds. The van der Waals surface area contributed by atoms with Crippen molar-refractivity contribution in [3.05, 3.63) is 35.6 Å². The molecule has 0 heterocycles. The number of hydrogen-bond donors (Lipinski definition) is 2. The summed E-state index contributed by atoms with van der Waals surface area (Å²) in [4.78, 5) is 22.9. The summed E-state index contributed by atoms with van der Waals surface area (Å²) in [5.74, 6) is -2.13. The Kier molecular flexibility index (Phi) is 3.20. The van der Waals surface area contributed by atoms with Crippen molar-refractivity contribution in [2.75, 3.05) is 0 Å². The number of halogens is 1. The number of carbonyl (C=O) groups is 2. The van der Waals surface area contributed by atoms with Crippen molar-refractivity contribution in [3.8, 4) is 0 Å². The van der Waals surface area contributed by atoms with Gasteiger partial charge in [0.2, 0.25) is 5.91 Å². The molecule has 0 radical (unpaired) electrons. The van der Waals surface area contributed by atoms with E-state index < -0.39 is 17.8 Å². The fourth-order valence-corrected chi connectivity index (χ4v) is 2.86. The minimum absolute atomic E-state index is 0.0133. The predicted octanol–water partition coefficient (Wildman–Crippen LogP) is 1.91. The van der Waals surface area contributed by atoms with Crippen LogP contribution in [0.1, 0.15) is 30.7 Å². The Hall–Kier alpha value is -1.91. The van der Waals surface area contributed by atoms with Gasteiger partial charge in [-0.15, -0.1) is 0 Å². The van der Waals surface area contributed by atoms with E-state index in [0.717, 1.165) is 12.0 Å². The average Bonchev–Trinajstić information content (AvgIpc) is 3.05. The first-order valence-electron chi connectivity index (χ1n) is 6.85. The zero-order valence-corrected chi connectivity index (χ0v) is 10.9. The molecule has 0 aliphatic heterocycles. The van der Waals surface area contributed by atoms with E-state index in [2.05, 4.69) is 5.32 Å². The number of carbonyl (C=O) groups excluding carboxylic acids is 1. The van der Waals surface area contributed by atoms with E-state index in [1.54, 1.807) is 6.07 Å². The van der Waals surface area contributed by atoms with E-state index in [0.29, 0.717) is 12.8 Å². The van der Waals surface area contributed by atoms with E-state index >= 15 is 0 Å². The van der Waals surface area contributed by atoms with Gasteiger partial charge in [0.05, 0.1) is 11.8 Å². The maximum absolute atomic E-state index is 13.1. The second-order valence-corrected chi connectivity index (χ2v) is 5.64. The van der Waals surface area contributed by atoms with Gasteiger partial charge >= 0.3 is 5.97 Å². The van der Waals surface area contributed by atoms with E-state index in [4.69, 9.17) is 5.11 Å². The standard InChI is InChI=1S/C15H16FNO3/c16-9-3-1-2-8(6-9)12-7-13(12)17-14(18)10-4-5-11(10)15(19)20/h1-3,6,10-13H,4-5,7H2,(H,17,18)(H,19,20)/t10?,11?,12-,13+/m0/s1. The van der Waals surface area contributed by atoms with Crippen LogP contribution < -0.4 is 5.32 Å². The Bertz CT molecular complexity index is 560. The SMILES string of the molecule is O=C(O)C1CCC1C(=O)N[C@@H]1C[C@H]1c1cccc(F)c1. The van der Waals surface area contributed by atoms with Gasteiger partial charge in [0.15, 0.2) is 0 Å². The topological polar surface area (TPSA) is 66.4 Å². The molecule has 2 unspecified atom stereocenters. The molecule has 2 saturated carbocycles. The molecule has 106 valence electrons. The number of nitrogens with one attached hydrogen (secondary N) is 1. The Balaban J connectivity index is 1.56. The van der Waals surface area contributed by atoms with Gasteiger partial charge in [-0.2, -0.15) is 0 Å². The molecule has 1 aromatic carbocycles. The highest BCUT2D eigenvalue weighted by atomic mass is 19.1. The van der Waals surface area contributed by atoms with Crippen LogP contribution in [0.5, 0.6) is 0 Å². The third-order valence-corrected chi connectivity index (χ3v) is 4.32. The Labute approximate surface area is 116 Å². The van der Waals surface area contributed by atoms with Crippen LogP contribution in [0.15, 0.2) is 24.3 Å². The van der Waals surface area contributed by atoms with Gasteiger partial charge < -0.3 is 10.4 Å². The molecule has 2 fully saturated rings. The number of hydrogen-bond acceptors (Lipinski definition) is 2. The number of carboxylic acids is 1. The summed E-state index contributed by atoms with van der Waals surface area (Å²) in [5, 5.41) is 11.8. The van der Waals surface area contributed by atoms with Crippen molar-refractivity contribution in [1.82, 2.24) is 5.32 Å². The summed E-state index contributed by atoms with van der Waals surface area (Å²) in [5.41, 5.74) is 0.888. The third kappa shape index (κ3) is 2.40. The van der Waals surface area contributed by atoms with Gasteiger partial charge in [0.1, 0.15) is 5.82 Å². The van der Waals surface area contributed by atoms with Gasteiger partial charge in [0, 0.05) is 12.0 Å². The highest BCUT2D eigenvalue weighted by molar-refractivity contribution is 5.86. The number of amides is 1. The van der Waals surface area contributed by atoms with Crippen molar-refractivity contribution in [2.45, 2.75) is 31.2 Å². The van der Waals surface area contributed by atoms with Gasteiger partial charge in [0.25, 0.3) is 0 Å². The molecule has 3 rings (SSSR count). The second kappa shape index (κ2) is 4.89. The smallest absolute Gasteiger partial charge is 0.307 e. The third-order valence-electron chi connectivity index (χ3n) is 4.32. The monoisotopic (exact) mass is 277 g/mol. The fraction of sp³-hybridized carbons (Fsp3) is 0.467. The average molecular weight is 277 g/mol. The molecule has 1 aromatic rings. The van der Waals surface area contributed by atoms with Crippen LogP contribution in [0.2, 0.25) is 0 Å². The highest BCUT2D eigenvalue weighted by Crippen LogP contribution is 2.42. The Morgan fingerprint density at radius 1 is 1.25 bits per heavy atom. The first kappa shape index (κ1) is 13.1. The Morgan fingerprint density at radius 2 is 2.00 bits per heavy atom. The lowest BCUT2D eigenvalue weighted by Gasteiger charge is -2.32. The van der Waals surface area contributed by atoms with Crippen molar-refractivity contribution in [1.29, 1.82) is 0 Å². The predicted molar refractivity (Wildman–Crippen MR) is 69.5 cm³/mol. The van der Waals surface area contributed by atoms with Crippen LogP contribution in [0, 0.1) is 17.7 Å². The van der Waals surface area contributed by atoms with Crippen molar-refractivity contribution < 1.29 is 19.1 Å². The summed E-state index contributed by atoms with van der Waals surface area (Å²) < 4.78 is 13.1. The molecule has 0 spiro atoms. The molecule has 4 atom stereocenters. The molecule has 0 bridgehead atoms. The first-order chi connectivity index (χ1) is 9.56. The molecule has 2 aliphatic carbocycles. The highest BCUT2D eigenvalue weighted by Gasteiger charge is 2.45. The van der Waals surface area contributed by atoms with E-state index in [1.807, 2.05) is 6.07 Å². The van der Waals surface area contributed by atoms with Gasteiger partial charge in [-0.1, -0.05) is 12.1 Å².